The lowest BCUT2D eigenvalue weighted by Gasteiger charge is -2.36. The number of nitrogens with zero attached hydrogens (tertiary/aromatic N) is 4. The number of nitrogens with two attached hydrogens (primary N) is 1. The summed E-state index contributed by atoms with van der Waals surface area (Å²) in [5.41, 5.74) is 9.17. The first-order valence-electron chi connectivity index (χ1n) is 9.39. The number of carbonyl (C=O) groups is 2. The number of hydrogen-bond donors (Lipinski definition) is 3. The smallest absolute Gasteiger partial charge is 0.325 e. The van der Waals surface area contributed by atoms with Crippen LogP contribution < -0.4 is 11.1 Å². The van der Waals surface area contributed by atoms with Gasteiger partial charge in [-0.3, -0.25) is 10.1 Å². The minimum atomic E-state index is -0.601. The number of anilines is 1. The van der Waals surface area contributed by atoms with Crippen molar-refractivity contribution in [2.45, 2.75) is 23.9 Å². The molecule has 4 N–H and O–H groups in total. The lowest BCUT2D eigenvalue weighted by Crippen LogP contribution is -2.63. The van der Waals surface area contributed by atoms with E-state index in [9.17, 15) is 9.59 Å². The number of aliphatic imine (C=N–C) groups is 1. The largest absolute Gasteiger partial charge is 0.399 e. The molecule has 3 amide bonds. The average Bonchev–Trinajstić information content (AvgIpc) is 3.28. The van der Waals surface area contributed by atoms with Gasteiger partial charge in [-0.1, -0.05) is 30.3 Å². The second-order valence-corrected chi connectivity index (χ2v) is 8.17. The van der Waals surface area contributed by atoms with E-state index in [0.29, 0.717) is 22.6 Å². The highest BCUT2D eigenvalue weighted by Crippen LogP contribution is 2.33. The lowest BCUT2D eigenvalue weighted by atomic mass is 10.1. The molecule has 2 atom stereocenters. The van der Waals surface area contributed by atoms with Gasteiger partial charge in [-0.2, -0.15) is 0 Å². The van der Waals surface area contributed by atoms with Crippen molar-refractivity contribution >= 4 is 45.6 Å². The molecule has 0 spiro atoms. The highest BCUT2D eigenvalue weighted by Gasteiger charge is 2.48. The van der Waals surface area contributed by atoms with Crippen molar-refractivity contribution in [3.05, 3.63) is 54.1 Å². The molecule has 3 heterocycles. The molecule has 30 heavy (non-hydrogen) atoms. The van der Waals surface area contributed by atoms with Crippen LogP contribution in [0.2, 0.25) is 0 Å². The Labute approximate surface area is 176 Å². The van der Waals surface area contributed by atoms with Crippen molar-refractivity contribution < 1.29 is 9.59 Å². The first-order chi connectivity index (χ1) is 14.5. The number of H-pyrrole nitrogens is 1. The highest BCUT2D eigenvalue weighted by atomic mass is 32.2. The van der Waals surface area contributed by atoms with Crippen LogP contribution in [0.3, 0.4) is 0 Å². The topological polar surface area (TPSA) is 120 Å². The van der Waals surface area contributed by atoms with Gasteiger partial charge in [-0.05, 0) is 35.5 Å². The summed E-state index contributed by atoms with van der Waals surface area (Å²) >= 11 is 1.33. The van der Waals surface area contributed by atoms with E-state index in [4.69, 9.17) is 10.7 Å². The van der Waals surface area contributed by atoms with Crippen molar-refractivity contribution in [3.63, 3.8) is 0 Å². The molecule has 10 heteroatoms. The van der Waals surface area contributed by atoms with Crippen LogP contribution in [0.4, 0.5) is 10.5 Å². The van der Waals surface area contributed by atoms with Crippen molar-refractivity contribution in [3.8, 4) is 0 Å². The number of nitrogens with one attached hydrogen (secondary N) is 2. The number of fused-ring (bicyclic) bond motifs is 2. The maximum absolute atomic E-state index is 12.7. The molecule has 2 aromatic carbocycles. The number of rotatable bonds is 3. The summed E-state index contributed by atoms with van der Waals surface area (Å²) in [4.78, 5) is 40.7. The Bertz CT molecular complexity index is 1180. The summed E-state index contributed by atoms with van der Waals surface area (Å²) in [6.07, 6.45) is -0.586. The number of carbonyl (C=O) groups excluding carboxylic acids is 2. The molecule has 0 aliphatic carbocycles. The van der Waals surface area contributed by atoms with E-state index in [1.807, 2.05) is 47.4 Å². The quantitative estimate of drug-likeness (QED) is 0.557. The van der Waals surface area contributed by atoms with Crippen LogP contribution in [-0.2, 0) is 11.3 Å². The Balaban J connectivity index is 1.50. The summed E-state index contributed by atoms with van der Waals surface area (Å²) in [6, 6.07) is 14.3. The fourth-order valence-corrected chi connectivity index (χ4v) is 4.60. The molecular weight excluding hydrogens is 402 g/mol. The third-order valence-corrected chi connectivity index (χ3v) is 6.10. The van der Waals surface area contributed by atoms with Gasteiger partial charge in [0.25, 0.3) is 5.91 Å². The van der Waals surface area contributed by atoms with E-state index < -0.39 is 18.2 Å². The van der Waals surface area contributed by atoms with Gasteiger partial charge in [-0.25, -0.2) is 14.8 Å². The molecule has 1 fully saturated rings. The van der Waals surface area contributed by atoms with Crippen LogP contribution in [0.1, 0.15) is 5.56 Å². The van der Waals surface area contributed by atoms with Crippen LogP contribution in [0.25, 0.3) is 11.0 Å². The molecule has 0 bridgehead atoms. The Morgan fingerprint density at radius 2 is 1.97 bits per heavy atom. The van der Waals surface area contributed by atoms with Gasteiger partial charge < -0.3 is 20.5 Å². The number of amidine groups is 1. The zero-order valence-corrected chi connectivity index (χ0v) is 16.9. The van der Waals surface area contributed by atoms with Gasteiger partial charge in [-0.15, -0.1) is 0 Å². The number of amides is 3. The van der Waals surface area contributed by atoms with Gasteiger partial charge >= 0.3 is 6.03 Å². The Hall–Kier alpha value is -3.53. The molecule has 1 saturated heterocycles. The van der Waals surface area contributed by atoms with Gasteiger partial charge in [0.2, 0.25) is 0 Å². The summed E-state index contributed by atoms with van der Waals surface area (Å²) in [7, 11) is 1.64. The summed E-state index contributed by atoms with van der Waals surface area (Å²) in [6.45, 7) is 0.483. The zero-order chi connectivity index (χ0) is 20.8. The van der Waals surface area contributed by atoms with E-state index >= 15 is 0 Å². The molecule has 2 aliphatic heterocycles. The van der Waals surface area contributed by atoms with Gasteiger partial charge in [0.15, 0.2) is 22.5 Å². The van der Waals surface area contributed by atoms with Crippen LogP contribution >= 0.6 is 11.8 Å². The van der Waals surface area contributed by atoms with Crippen LogP contribution in [0.5, 0.6) is 0 Å². The molecule has 1 aromatic heterocycles. The molecule has 0 radical (unpaired) electrons. The predicted molar refractivity (Wildman–Crippen MR) is 115 cm³/mol. The van der Waals surface area contributed by atoms with Gasteiger partial charge in [0, 0.05) is 19.3 Å². The Kier molecular flexibility index (Phi) is 4.35. The molecular formula is C20H19N7O2S. The van der Waals surface area contributed by atoms with E-state index in [0.717, 1.165) is 16.6 Å². The third kappa shape index (κ3) is 3.14. The summed E-state index contributed by atoms with van der Waals surface area (Å²) in [5, 5.41) is 3.68. The van der Waals surface area contributed by atoms with Crippen LogP contribution in [0, 0.1) is 0 Å². The van der Waals surface area contributed by atoms with Crippen molar-refractivity contribution in [1.82, 2.24) is 25.1 Å². The highest BCUT2D eigenvalue weighted by molar-refractivity contribution is 8.13. The lowest BCUT2D eigenvalue weighted by molar-refractivity contribution is -0.127. The molecule has 9 nitrogen and oxygen atoms in total. The summed E-state index contributed by atoms with van der Waals surface area (Å²) < 4.78 is 0. The number of thioether (sulfide) groups is 1. The second kappa shape index (κ2) is 7.06. The van der Waals surface area contributed by atoms with E-state index in [1.165, 1.54) is 16.7 Å². The predicted octanol–water partition coefficient (Wildman–Crippen LogP) is 1.99. The zero-order valence-electron chi connectivity index (χ0n) is 16.1. The average molecular weight is 421 g/mol. The number of nitrogen functional groups attached to an aromatic ring is 1. The first kappa shape index (κ1) is 18.5. The maximum Gasteiger partial charge on any atom is 0.325 e. The minimum Gasteiger partial charge on any atom is -0.399 e. The van der Waals surface area contributed by atoms with E-state index in [-0.39, 0.29) is 5.91 Å². The van der Waals surface area contributed by atoms with Crippen LogP contribution in [-0.4, -0.2) is 56.1 Å². The SMILES string of the molecule is CN1C(=O)NC(=O)C2C1N=C(Sc1nc3ccc(N)cc3[nH]1)N2Cc1ccccc1. The number of hydrogen-bond acceptors (Lipinski definition) is 7. The number of urea groups is 1. The molecule has 152 valence electrons. The van der Waals surface area contributed by atoms with Crippen molar-refractivity contribution in [2.24, 2.45) is 4.99 Å². The van der Waals surface area contributed by atoms with Crippen molar-refractivity contribution in [2.75, 3.05) is 12.8 Å². The molecule has 2 unspecified atom stereocenters. The number of likely N-dealkylation sites (N-methyl/N-ethyl adjacent to an activating group) is 1. The van der Waals surface area contributed by atoms with Crippen LogP contribution in [0.15, 0.2) is 58.7 Å². The molecule has 3 aromatic rings. The Morgan fingerprint density at radius 1 is 1.17 bits per heavy atom. The number of aromatic nitrogens is 2. The number of imidazole rings is 1. The molecule has 2 aliphatic rings. The minimum absolute atomic E-state index is 0.351. The van der Waals surface area contributed by atoms with Gasteiger partial charge in [0.05, 0.1) is 11.0 Å². The fourth-order valence-electron chi connectivity index (χ4n) is 3.67. The van der Waals surface area contributed by atoms with E-state index in [1.54, 1.807) is 13.1 Å². The van der Waals surface area contributed by atoms with E-state index in [2.05, 4.69) is 15.3 Å². The Morgan fingerprint density at radius 3 is 2.77 bits per heavy atom. The monoisotopic (exact) mass is 421 g/mol. The summed E-state index contributed by atoms with van der Waals surface area (Å²) in [5.74, 6) is -0.351. The number of benzene rings is 2. The standard InChI is InChI=1S/C20H19N7O2S/c1-26-16-15(17(28)25-19(26)29)27(10-11-5-3-2-4-6-11)20(24-16)30-18-22-13-8-7-12(21)9-14(13)23-18/h2-9,15-16H,10,21H2,1H3,(H,22,23)(H,25,28,29). The normalized spacial score (nSPS) is 21.0. The van der Waals surface area contributed by atoms with Crippen molar-refractivity contribution in [1.29, 1.82) is 0 Å². The fraction of sp³-hybridized carbons (Fsp3) is 0.200. The molecule has 5 rings (SSSR count). The number of aromatic amines is 1. The van der Waals surface area contributed by atoms with Gasteiger partial charge in [0.1, 0.15) is 0 Å². The first-order valence-corrected chi connectivity index (χ1v) is 10.2. The maximum atomic E-state index is 12.7. The molecule has 0 saturated carbocycles. The second-order valence-electron chi connectivity index (χ2n) is 7.21. The third-order valence-electron chi connectivity index (χ3n) is 5.19. The number of imide groups is 1.